The highest BCUT2D eigenvalue weighted by molar-refractivity contribution is 5.87. The van der Waals surface area contributed by atoms with E-state index in [2.05, 4.69) is 268 Å². The van der Waals surface area contributed by atoms with Gasteiger partial charge in [0.05, 0.1) is 0 Å². The molecule has 1 nitrogen and oxygen atoms in total. The van der Waals surface area contributed by atoms with Gasteiger partial charge in [0.25, 0.3) is 0 Å². The van der Waals surface area contributed by atoms with Crippen LogP contribution in [0, 0.1) is 0 Å². The van der Waals surface area contributed by atoms with Crippen molar-refractivity contribution in [3.63, 3.8) is 0 Å². The Kier molecular flexibility index (Phi) is 11.6. The molecule has 0 aromatic heterocycles. The highest BCUT2D eigenvalue weighted by Crippen LogP contribution is 2.51. The number of benzene rings is 7. The van der Waals surface area contributed by atoms with Crippen LogP contribution in [-0.2, 0) is 32.5 Å². The Morgan fingerprint density at radius 3 is 1.18 bits per heavy atom. The van der Waals surface area contributed by atoms with E-state index in [0.717, 1.165) is 11.4 Å². The molecule has 7 aromatic rings. The normalized spacial score (nSPS) is 14.0. The van der Waals surface area contributed by atoms with Crippen molar-refractivity contribution < 1.29 is 0 Å². The average Bonchev–Trinajstić information content (AvgIpc) is 3.47. The van der Waals surface area contributed by atoms with Crippen LogP contribution < -0.4 is 4.90 Å². The largest absolute Gasteiger partial charge is 0.310 e. The first-order valence-electron chi connectivity index (χ1n) is 24.3. The molecule has 0 fully saturated rings. The molecule has 8 rings (SSSR count). The third-order valence-electron chi connectivity index (χ3n) is 14.2. The topological polar surface area (TPSA) is 3.24 Å². The van der Waals surface area contributed by atoms with Crippen molar-refractivity contribution in [2.45, 2.75) is 150 Å². The molecule has 0 radical (unpaired) electrons. The Balaban J connectivity index is 1.26. The summed E-state index contributed by atoms with van der Waals surface area (Å²) < 4.78 is 0. The molecular weight excluding hydrogens is 795 g/mol. The zero-order valence-electron chi connectivity index (χ0n) is 43.3. The lowest BCUT2D eigenvalue weighted by molar-refractivity contribution is 0.569. The summed E-state index contributed by atoms with van der Waals surface area (Å²) in [5, 5.41) is 0. The van der Waals surface area contributed by atoms with Gasteiger partial charge < -0.3 is 4.90 Å². The van der Waals surface area contributed by atoms with Crippen molar-refractivity contribution in [3.8, 4) is 44.5 Å². The van der Waals surface area contributed by atoms with E-state index >= 15 is 0 Å². The Hall–Kier alpha value is -5.66. The van der Waals surface area contributed by atoms with Crippen LogP contribution in [0.4, 0.5) is 17.1 Å². The van der Waals surface area contributed by atoms with Gasteiger partial charge in [-0.3, -0.25) is 0 Å². The van der Waals surface area contributed by atoms with Crippen LogP contribution in [-0.4, -0.2) is 0 Å². The van der Waals surface area contributed by atoms with Gasteiger partial charge in [-0.2, -0.15) is 0 Å². The first-order valence-corrected chi connectivity index (χ1v) is 24.3. The van der Waals surface area contributed by atoms with Gasteiger partial charge in [-0.25, -0.2) is 0 Å². The lowest BCUT2D eigenvalue weighted by atomic mass is 9.78. The predicted molar refractivity (Wildman–Crippen MR) is 288 cm³/mol. The van der Waals surface area contributed by atoms with E-state index in [1.165, 1.54) is 89.1 Å². The molecule has 0 spiro atoms. The maximum Gasteiger partial charge on any atom is 0.0470 e. The van der Waals surface area contributed by atoms with Crippen LogP contribution in [0.5, 0.6) is 0 Å². The fraction of sp³-hybridized carbons (Fsp3) is 0.354. The number of anilines is 3. The van der Waals surface area contributed by atoms with Gasteiger partial charge in [-0.05, 0) is 153 Å². The molecule has 0 bridgehead atoms. The lowest BCUT2D eigenvalue weighted by Crippen LogP contribution is -2.18. The third-order valence-corrected chi connectivity index (χ3v) is 14.2. The number of rotatable bonds is 6. The van der Waals surface area contributed by atoms with Crippen molar-refractivity contribution in [2.75, 3.05) is 4.90 Å². The summed E-state index contributed by atoms with van der Waals surface area (Å²) in [5.41, 5.74) is 23.0. The summed E-state index contributed by atoms with van der Waals surface area (Å²) in [7, 11) is 0. The van der Waals surface area contributed by atoms with Crippen LogP contribution in [0.15, 0.2) is 146 Å². The first kappa shape index (κ1) is 46.9. The Morgan fingerprint density at radius 2 is 0.682 bits per heavy atom. The number of hydrogen-bond donors (Lipinski definition) is 0. The van der Waals surface area contributed by atoms with Crippen LogP contribution in [0.1, 0.15) is 157 Å². The molecule has 0 saturated heterocycles. The quantitative estimate of drug-likeness (QED) is 0.161. The van der Waals surface area contributed by atoms with Crippen molar-refractivity contribution in [1.82, 2.24) is 0 Å². The second-order valence-electron chi connectivity index (χ2n) is 25.0. The highest BCUT2D eigenvalue weighted by Gasteiger charge is 2.36. The molecule has 0 heterocycles. The smallest absolute Gasteiger partial charge is 0.0470 e. The lowest BCUT2D eigenvalue weighted by Gasteiger charge is -2.31. The van der Waals surface area contributed by atoms with Gasteiger partial charge in [0.2, 0.25) is 0 Å². The third kappa shape index (κ3) is 9.21. The fourth-order valence-electron chi connectivity index (χ4n) is 9.64. The monoisotopic (exact) mass is 870 g/mol. The zero-order chi connectivity index (χ0) is 47.9. The van der Waals surface area contributed by atoms with Crippen molar-refractivity contribution >= 4 is 17.1 Å². The molecular formula is C65H75N. The summed E-state index contributed by atoms with van der Waals surface area (Å²) in [6.45, 7) is 39.6. The van der Waals surface area contributed by atoms with E-state index in [1.807, 2.05) is 0 Å². The molecule has 1 aliphatic carbocycles. The first-order chi connectivity index (χ1) is 30.6. The van der Waals surface area contributed by atoms with Gasteiger partial charge in [0.1, 0.15) is 0 Å². The molecule has 0 aliphatic heterocycles. The minimum atomic E-state index is -0.108. The number of hydrogen-bond acceptors (Lipinski definition) is 1. The summed E-state index contributed by atoms with van der Waals surface area (Å²) in [5.74, 6) is 0. The Morgan fingerprint density at radius 1 is 0.288 bits per heavy atom. The van der Waals surface area contributed by atoms with E-state index in [-0.39, 0.29) is 32.5 Å². The molecule has 0 unspecified atom stereocenters. The van der Waals surface area contributed by atoms with Gasteiger partial charge in [0.15, 0.2) is 0 Å². The second-order valence-corrected chi connectivity index (χ2v) is 25.0. The maximum atomic E-state index is 2.48. The van der Waals surface area contributed by atoms with Crippen LogP contribution in [0.25, 0.3) is 44.5 Å². The predicted octanol–water partition coefficient (Wildman–Crippen LogP) is 19.0. The Labute approximate surface area is 399 Å². The standard InChI is InChI=1S/C65H75N/c1-60(2,3)48-26-28-53(29-27-48)66(54-30-31-57-56-20-18-19-21-58(56)65(16,17)59(57)41-54)55-38-47(37-52(40-55)64(13,14)15)43-24-22-42(23-25-43)44-32-45(34-49(33-44)61(4,5)6)46-35-50(62(7,8)9)39-51(36-46)63(10,11)12/h18-41H,1-17H3. The van der Waals surface area contributed by atoms with Crippen LogP contribution in [0.2, 0.25) is 0 Å². The number of fused-ring (bicyclic) bond motifs is 3. The molecule has 1 aliphatic rings. The second kappa shape index (κ2) is 16.3. The van der Waals surface area contributed by atoms with E-state index in [1.54, 1.807) is 0 Å². The van der Waals surface area contributed by atoms with E-state index < -0.39 is 0 Å². The van der Waals surface area contributed by atoms with E-state index in [9.17, 15) is 0 Å². The maximum absolute atomic E-state index is 2.48. The average molecular weight is 870 g/mol. The van der Waals surface area contributed by atoms with Gasteiger partial charge >= 0.3 is 0 Å². The molecule has 66 heavy (non-hydrogen) atoms. The zero-order valence-corrected chi connectivity index (χ0v) is 43.3. The minimum absolute atomic E-state index is 0.0134. The fourth-order valence-corrected chi connectivity index (χ4v) is 9.64. The minimum Gasteiger partial charge on any atom is -0.310 e. The molecule has 1 heteroatoms. The number of nitrogens with zero attached hydrogens (tertiary/aromatic N) is 1. The summed E-state index contributed by atoms with van der Waals surface area (Å²) in [6, 6.07) is 56.4. The van der Waals surface area contributed by atoms with Crippen molar-refractivity contribution in [2.24, 2.45) is 0 Å². The summed E-state index contributed by atoms with van der Waals surface area (Å²) in [4.78, 5) is 2.48. The van der Waals surface area contributed by atoms with Gasteiger partial charge in [-0.15, -0.1) is 0 Å². The molecule has 340 valence electrons. The molecule has 0 amide bonds. The van der Waals surface area contributed by atoms with Crippen molar-refractivity contribution in [1.29, 1.82) is 0 Å². The van der Waals surface area contributed by atoms with Crippen molar-refractivity contribution in [3.05, 3.63) is 185 Å². The molecule has 7 aromatic carbocycles. The van der Waals surface area contributed by atoms with Crippen LogP contribution >= 0.6 is 0 Å². The van der Waals surface area contributed by atoms with E-state index in [0.29, 0.717) is 0 Å². The molecule has 0 atom stereocenters. The summed E-state index contributed by atoms with van der Waals surface area (Å²) in [6.07, 6.45) is 0. The van der Waals surface area contributed by atoms with Crippen LogP contribution in [0.3, 0.4) is 0 Å². The summed E-state index contributed by atoms with van der Waals surface area (Å²) >= 11 is 0. The van der Waals surface area contributed by atoms with E-state index in [4.69, 9.17) is 0 Å². The SMILES string of the molecule is CC(C)(C)c1ccc(N(c2cc(-c3ccc(-c4cc(-c5cc(C(C)(C)C)cc(C(C)(C)C)c5)cc(C(C)(C)C)c4)cc3)cc(C(C)(C)C)c2)c2ccc3c(c2)C(C)(C)c2ccccc2-3)cc1. The van der Waals surface area contributed by atoms with Gasteiger partial charge in [0, 0.05) is 22.5 Å². The highest BCUT2D eigenvalue weighted by atomic mass is 15.1. The van der Waals surface area contributed by atoms with Gasteiger partial charge in [-0.1, -0.05) is 221 Å². The Bertz CT molecular complexity index is 2890. The molecule has 0 N–H and O–H groups in total. The molecule has 0 saturated carbocycles.